The first-order valence-electron chi connectivity index (χ1n) is 8.04. The summed E-state index contributed by atoms with van der Waals surface area (Å²) in [5.41, 5.74) is 3.28. The van der Waals surface area contributed by atoms with Gasteiger partial charge in [-0.2, -0.15) is 0 Å². The number of nitrogens with one attached hydrogen (secondary N) is 1. The van der Waals surface area contributed by atoms with Crippen LogP contribution in [0.3, 0.4) is 0 Å². The number of anilines is 1. The Kier molecular flexibility index (Phi) is 4.60. The van der Waals surface area contributed by atoms with Crippen LogP contribution in [-0.4, -0.2) is 38.7 Å². The molecule has 24 heavy (non-hydrogen) atoms. The van der Waals surface area contributed by atoms with E-state index in [-0.39, 0.29) is 12.1 Å². The highest BCUT2D eigenvalue weighted by atomic mass is 16.5. The van der Waals surface area contributed by atoms with Gasteiger partial charge in [-0.25, -0.2) is 4.79 Å². The normalized spacial score (nSPS) is 15.4. The summed E-state index contributed by atoms with van der Waals surface area (Å²) in [6, 6.07) is 15.8. The Morgan fingerprint density at radius 3 is 2.54 bits per heavy atom. The summed E-state index contributed by atoms with van der Waals surface area (Å²) in [6.07, 6.45) is 0. The molecule has 0 bridgehead atoms. The molecule has 5 nitrogen and oxygen atoms in total. The smallest absolute Gasteiger partial charge is 0.318 e. The highest BCUT2D eigenvalue weighted by molar-refractivity contribution is 5.74. The molecule has 0 spiro atoms. The van der Waals surface area contributed by atoms with E-state index in [2.05, 4.69) is 22.3 Å². The van der Waals surface area contributed by atoms with Crippen molar-refractivity contribution in [1.29, 1.82) is 0 Å². The molecule has 1 atom stereocenters. The number of fused-ring (bicyclic) bond motifs is 1. The molecule has 0 aliphatic carbocycles. The van der Waals surface area contributed by atoms with Crippen LogP contribution in [0, 0.1) is 0 Å². The summed E-state index contributed by atoms with van der Waals surface area (Å²) < 4.78 is 5.61. The average molecular weight is 325 g/mol. The van der Waals surface area contributed by atoms with E-state index in [1.54, 1.807) is 11.9 Å². The third kappa shape index (κ3) is 3.45. The standard InChI is InChI=1S/C19H23N3O2/c1-21(2)15-10-8-14(9-11-15)12-22(3)19(23)20-17-13-24-18-7-5-4-6-16(17)18/h4-11,17H,12-13H2,1-3H3,(H,20,23)/t17-/m1/s1. The maximum absolute atomic E-state index is 12.4. The fourth-order valence-electron chi connectivity index (χ4n) is 2.79. The van der Waals surface area contributed by atoms with Gasteiger partial charge in [0.25, 0.3) is 0 Å². The average Bonchev–Trinajstić information content (AvgIpc) is 2.98. The molecule has 1 aliphatic heterocycles. The van der Waals surface area contributed by atoms with Gasteiger partial charge in [0, 0.05) is 38.9 Å². The second-order valence-electron chi connectivity index (χ2n) is 6.27. The minimum atomic E-state index is -0.100. The van der Waals surface area contributed by atoms with E-state index >= 15 is 0 Å². The van der Waals surface area contributed by atoms with Crippen molar-refractivity contribution in [2.75, 3.05) is 32.6 Å². The largest absolute Gasteiger partial charge is 0.491 e. The van der Waals surface area contributed by atoms with Crippen molar-refractivity contribution in [2.45, 2.75) is 12.6 Å². The molecular weight excluding hydrogens is 302 g/mol. The topological polar surface area (TPSA) is 44.8 Å². The lowest BCUT2D eigenvalue weighted by Crippen LogP contribution is -2.39. The first kappa shape index (κ1) is 16.2. The number of para-hydroxylation sites is 1. The van der Waals surface area contributed by atoms with Crippen molar-refractivity contribution >= 4 is 11.7 Å². The molecule has 2 aromatic carbocycles. The van der Waals surface area contributed by atoms with Crippen LogP contribution in [0.1, 0.15) is 17.2 Å². The third-order valence-corrected chi connectivity index (χ3v) is 4.22. The van der Waals surface area contributed by atoms with Crippen LogP contribution in [0.4, 0.5) is 10.5 Å². The van der Waals surface area contributed by atoms with Crippen molar-refractivity contribution in [3.8, 4) is 5.75 Å². The van der Waals surface area contributed by atoms with Crippen LogP contribution in [-0.2, 0) is 6.54 Å². The molecule has 0 radical (unpaired) electrons. The lowest BCUT2D eigenvalue weighted by Gasteiger charge is -2.21. The van der Waals surface area contributed by atoms with E-state index in [9.17, 15) is 4.79 Å². The quantitative estimate of drug-likeness (QED) is 0.940. The Bertz CT molecular complexity index is 713. The Balaban J connectivity index is 1.59. The van der Waals surface area contributed by atoms with E-state index in [0.29, 0.717) is 13.2 Å². The molecule has 3 rings (SSSR count). The van der Waals surface area contributed by atoms with Crippen LogP contribution in [0.25, 0.3) is 0 Å². The number of amides is 2. The molecule has 2 amide bonds. The van der Waals surface area contributed by atoms with Crippen LogP contribution in [0.15, 0.2) is 48.5 Å². The van der Waals surface area contributed by atoms with E-state index in [4.69, 9.17) is 4.74 Å². The first-order valence-corrected chi connectivity index (χ1v) is 8.04. The number of nitrogens with zero attached hydrogens (tertiary/aromatic N) is 2. The fraction of sp³-hybridized carbons (Fsp3) is 0.316. The van der Waals surface area contributed by atoms with Gasteiger partial charge >= 0.3 is 6.03 Å². The second kappa shape index (κ2) is 6.83. The Labute approximate surface area is 142 Å². The van der Waals surface area contributed by atoms with Gasteiger partial charge in [-0.1, -0.05) is 30.3 Å². The SMILES string of the molecule is CN(Cc1ccc(N(C)C)cc1)C(=O)N[C@@H]1COc2ccccc21. The third-order valence-electron chi connectivity index (χ3n) is 4.22. The molecule has 0 unspecified atom stereocenters. The summed E-state index contributed by atoms with van der Waals surface area (Å²) in [7, 11) is 5.82. The fourth-order valence-corrected chi connectivity index (χ4v) is 2.79. The lowest BCUT2D eigenvalue weighted by molar-refractivity contribution is 0.199. The van der Waals surface area contributed by atoms with Crippen molar-refractivity contribution in [1.82, 2.24) is 10.2 Å². The van der Waals surface area contributed by atoms with Crippen LogP contribution in [0.5, 0.6) is 5.75 Å². The minimum Gasteiger partial charge on any atom is -0.491 e. The van der Waals surface area contributed by atoms with Crippen molar-refractivity contribution in [3.63, 3.8) is 0 Å². The molecule has 1 aliphatic rings. The van der Waals surface area contributed by atoms with E-state index < -0.39 is 0 Å². The molecule has 126 valence electrons. The van der Waals surface area contributed by atoms with E-state index in [1.165, 1.54) is 0 Å². The van der Waals surface area contributed by atoms with Crippen molar-refractivity contribution in [2.24, 2.45) is 0 Å². The molecular formula is C19H23N3O2. The summed E-state index contributed by atoms with van der Waals surface area (Å²) in [6.45, 7) is 1.05. The van der Waals surface area contributed by atoms with Crippen molar-refractivity contribution < 1.29 is 9.53 Å². The molecule has 0 fully saturated rings. The Morgan fingerprint density at radius 1 is 1.12 bits per heavy atom. The number of carbonyl (C=O) groups excluding carboxylic acids is 1. The van der Waals surface area contributed by atoms with Gasteiger partial charge in [-0.3, -0.25) is 0 Å². The maximum Gasteiger partial charge on any atom is 0.318 e. The van der Waals surface area contributed by atoms with E-state index in [1.807, 2.05) is 50.5 Å². The predicted octanol–water partition coefficient (Wildman–Crippen LogP) is 3.03. The summed E-state index contributed by atoms with van der Waals surface area (Å²) in [5.74, 6) is 0.852. The van der Waals surface area contributed by atoms with Crippen LogP contribution in [0.2, 0.25) is 0 Å². The zero-order chi connectivity index (χ0) is 17.1. The number of hydrogen-bond acceptors (Lipinski definition) is 3. The molecule has 5 heteroatoms. The first-order chi connectivity index (χ1) is 11.5. The summed E-state index contributed by atoms with van der Waals surface area (Å²) in [4.78, 5) is 16.2. The molecule has 0 saturated carbocycles. The number of hydrogen-bond donors (Lipinski definition) is 1. The van der Waals surface area contributed by atoms with Crippen molar-refractivity contribution in [3.05, 3.63) is 59.7 Å². The highest BCUT2D eigenvalue weighted by Crippen LogP contribution is 2.31. The number of rotatable bonds is 4. The number of urea groups is 1. The zero-order valence-corrected chi connectivity index (χ0v) is 14.3. The van der Waals surface area contributed by atoms with Gasteiger partial charge in [0.15, 0.2) is 0 Å². The molecule has 1 N–H and O–H groups in total. The summed E-state index contributed by atoms with van der Waals surface area (Å²) in [5, 5.41) is 3.04. The molecule has 2 aromatic rings. The van der Waals surface area contributed by atoms with Gasteiger partial charge < -0.3 is 19.9 Å². The Hall–Kier alpha value is -2.69. The van der Waals surface area contributed by atoms with Gasteiger partial charge in [0.2, 0.25) is 0 Å². The zero-order valence-electron chi connectivity index (χ0n) is 14.3. The van der Waals surface area contributed by atoms with Gasteiger partial charge in [-0.05, 0) is 23.8 Å². The van der Waals surface area contributed by atoms with Gasteiger partial charge in [-0.15, -0.1) is 0 Å². The van der Waals surface area contributed by atoms with Crippen LogP contribution >= 0.6 is 0 Å². The number of carbonyl (C=O) groups is 1. The van der Waals surface area contributed by atoms with Crippen LogP contribution < -0.4 is 15.0 Å². The summed E-state index contributed by atoms with van der Waals surface area (Å²) >= 11 is 0. The van der Waals surface area contributed by atoms with E-state index in [0.717, 1.165) is 22.6 Å². The van der Waals surface area contributed by atoms with Gasteiger partial charge in [0.05, 0.1) is 6.04 Å². The monoisotopic (exact) mass is 325 g/mol. The number of benzene rings is 2. The minimum absolute atomic E-state index is 0.0905. The molecule has 1 heterocycles. The predicted molar refractivity (Wildman–Crippen MR) is 95.4 cm³/mol. The second-order valence-corrected chi connectivity index (χ2v) is 6.27. The maximum atomic E-state index is 12.4. The Morgan fingerprint density at radius 2 is 1.83 bits per heavy atom. The number of ether oxygens (including phenoxy) is 1. The highest BCUT2D eigenvalue weighted by Gasteiger charge is 2.26. The molecule has 0 aromatic heterocycles. The van der Waals surface area contributed by atoms with Gasteiger partial charge in [0.1, 0.15) is 12.4 Å². The molecule has 0 saturated heterocycles. The lowest BCUT2D eigenvalue weighted by atomic mass is 10.1.